The molecule has 0 spiro atoms. The minimum Gasteiger partial charge on any atom is -0.474 e. The molecule has 6 nitrogen and oxygen atoms in total. The number of amidine groups is 1. The summed E-state index contributed by atoms with van der Waals surface area (Å²) in [6.45, 7) is 5.41. The molecule has 2 heterocycles. The number of aromatic nitrogens is 2. The van der Waals surface area contributed by atoms with Crippen LogP contribution in [0.25, 0.3) is 0 Å². The maximum Gasteiger partial charge on any atom is 0.244 e. The van der Waals surface area contributed by atoms with Gasteiger partial charge in [-0.05, 0) is 45.8 Å². The molecule has 0 aliphatic carbocycles. The van der Waals surface area contributed by atoms with E-state index >= 15 is 0 Å². The molecule has 1 unspecified atom stereocenters. The van der Waals surface area contributed by atoms with Crippen LogP contribution in [0.15, 0.2) is 0 Å². The van der Waals surface area contributed by atoms with Crippen molar-refractivity contribution in [1.82, 2.24) is 15.1 Å². The first-order chi connectivity index (χ1) is 9.50. The van der Waals surface area contributed by atoms with Crippen molar-refractivity contribution in [3.05, 3.63) is 16.8 Å². The lowest BCUT2D eigenvalue weighted by molar-refractivity contribution is 0.122. The van der Waals surface area contributed by atoms with Crippen molar-refractivity contribution in [2.45, 2.75) is 39.2 Å². The highest BCUT2D eigenvalue weighted by Gasteiger charge is 2.21. The van der Waals surface area contributed by atoms with Crippen molar-refractivity contribution in [1.29, 1.82) is 5.41 Å². The third-order valence-corrected chi connectivity index (χ3v) is 4.03. The molecule has 1 aromatic heterocycles. The van der Waals surface area contributed by atoms with Gasteiger partial charge in [-0.1, -0.05) is 6.42 Å². The molecule has 1 aromatic rings. The van der Waals surface area contributed by atoms with E-state index in [4.69, 9.17) is 15.9 Å². The van der Waals surface area contributed by atoms with Gasteiger partial charge in [-0.25, -0.2) is 0 Å². The molecular weight excluding hydrogens is 254 g/mol. The first-order valence-electron chi connectivity index (χ1n) is 7.02. The number of nitrogen functional groups attached to an aromatic ring is 1. The van der Waals surface area contributed by atoms with Crippen molar-refractivity contribution in [3.8, 4) is 5.88 Å². The van der Waals surface area contributed by atoms with Crippen molar-refractivity contribution in [2.24, 2.45) is 5.73 Å². The molecular formula is C14H23N5O. The first kappa shape index (κ1) is 14.7. The van der Waals surface area contributed by atoms with Crippen molar-refractivity contribution in [2.75, 3.05) is 20.2 Å². The first-order valence-corrected chi connectivity index (χ1v) is 7.02. The summed E-state index contributed by atoms with van der Waals surface area (Å²) in [4.78, 5) is 2.31. The Morgan fingerprint density at radius 1 is 1.40 bits per heavy atom. The fraction of sp³-hybridized carbons (Fsp3) is 0.643. The number of aryl methyl sites for hydroxylation is 1. The lowest BCUT2D eigenvalue weighted by Gasteiger charge is -2.32. The predicted molar refractivity (Wildman–Crippen MR) is 78.3 cm³/mol. The van der Waals surface area contributed by atoms with Crippen LogP contribution in [0.5, 0.6) is 5.88 Å². The Labute approximate surface area is 119 Å². The van der Waals surface area contributed by atoms with Gasteiger partial charge in [0.25, 0.3) is 0 Å². The van der Waals surface area contributed by atoms with Crippen LogP contribution in [-0.4, -0.2) is 47.2 Å². The normalized spacial score (nSPS) is 19.9. The fourth-order valence-electron chi connectivity index (χ4n) is 2.53. The summed E-state index contributed by atoms with van der Waals surface area (Å²) in [5, 5.41) is 15.8. The molecule has 0 radical (unpaired) electrons. The summed E-state index contributed by atoms with van der Waals surface area (Å²) < 4.78 is 5.81. The number of ether oxygens (including phenoxy) is 1. The highest BCUT2D eigenvalue weighted by Crippen LogP contribution is 2.21. The van der Waals surface area contributed by atoms with Crippen LogP contribution in [0.4, 0.5) is 0 Å². The van der Waals surface area contributed by atoms with E-state index < -0.39 is 0 Å². The molecule has 110 valence electrons. The average molecular weight is 277 g/mol. The third kappa shape index (κ3) is 3.07. The number of hydrogen-bond donors (Lipinski definition) is 2. The van der Waals surface area contributed by atoms with E-state index in [1.807, 2.05) is 13.8 Å². The minimum absolute atomic E-state index is 0.0208. The van der Waals surface area contributed by atoms with Crippen LogP contribution in [-0.2, 0) is 0 Å². The van der Waals surface area contributed by atoms with E-state index in [1.165, 1.54) is 12.8 Å². The summed E-state index contributed by atoms with van der Waals surface area (Å²) in [6.07, 6.45) is 3.61. The van der Waals surface area contributed by atoms with Gasteiger partial charge >= 0.3 is 0 Å². The summed E-state index contributed by atoms with van der Waals surface area (Å²) >= 11 is 0. The maximum atomic E-state index is 7.70. The molecule has 1 saturated heterocycles. The Balaban J connectivity index is 2.13. The van der Waals surface area contributed by atoms with E-state index in [0.29, 0.717) is 24.1 Å². The van der Waals surface area contributed by atoms with Gasteiger partial charge in [0.05, 0.1) is 11.3 Å². The number of piperidine rings is 1. The van der Waals surface area contributed by atoms with Gasteiger partial charge in [0.2, 0.25) is 5.88 Å². The number of likely N-dealkylation sites (N-methyl/N-ethyl adjacent to an activating group) is 1. The Kier molecular flexibility index (Phi) is 4.54. The van der Waals surface area contributed by atoms with Crippen molar-refractivity contribution in [3.63, 3.8) is 0 Å². The van der Waals surface area contributed by atoms with Gasteiger partial charge in [-0.2, -0.15) is 5.10 Å². The Morgan fingerprint density at radius 3 is 2.80 bits per heavy atom. The molecule has 2 rings (SSSR count). The maximum absolute atomic E-state index is 7.70. The predicted octanol–water partition coefficient (Wildman–Crippen LogP) is 1.24. The van der Waals surface area contributed by atoms with Gasteiger partial charge in [0.1, 0.15) is 12.4 Å². The molecule has 3 N–H and O–H groups in total. The fourth-order valence-corrected chi connectivity index (χ4v) is 2.53. The van der Waals surface area contributed by atoms with Crippen LogP contribution in [0.3, 0.4) is 0 Å². The minimum atomic E-state index is -0.0208. The van der Waals surface area contributed by atoms with E-state index in [2.05, 4.69) is 22.1 Å². The van der Waals surface area contributed by atoms with Crippen LogP contribution >= 0.6 is 0 Å². The number of hydrogen-bond acceptors (Lipinski definition) is 5. The third-order valence-electron chi connectivity index (χ3n) is 4.03. The average Bonchev–Trinajstić information content (AvgIpc) is 2.41. The van der Waals surface area contributed by atoms with Crippen LogP contribution < -0.4 is 10.5 Å². The summed E-state index contributed by atoms with van der Waals surface area (Å²) in [7, 11) is 2.12. The molecule has 1 aliphatic rings. The van der Waals surface area contributed by atoms with E-state index in [9.17, 15) is 0 Å². The number of likely N-dealkylation sites (tertiary alicyclic amines) is 1. The van der Waals surface area contributed by atoms with Gasteiger partial charge in [0, 0.05) is 6.04 Å². The van der Waals surface area contributed by atoms with Gasteiger partial charge in [0.15, 0.2) is 0 Å². The Morgan fingerprint density at radius 2 is 2.15 bits per heavy atom. The lowest BCUT2D eigenvalue weighted by atomic mass is 10.0. The van der Waals surface area contributed by atoms with Crippen LogP contribution in [0, 0.1) is 19.3 Å². The second kappa shape index (κ2) is 6.17. The molecule has 20 heavy (non-hydrogen) atoms. The van der Waals surface area contributed by atoms with Gasteiger partial charge in [-0.15, -0.1) is 5.10 Å². The molecule has 0 bridgehead atoms. The molecule has 1 atom stereocenters. The highest BCUT2D eigenvalue weighted by atomic mass is 16.5. The zero-order valence-corrected chi connectivity index (χ0v) is 12.4. The zero-order chi connectivity index (χ0) is 14.7. The summed E-state index contributed by atoms with van der Waals surface area (Å²) in [5.41, 5.74) is 7.85. The molecule has 1 aliphatic heterocycles. The zero-order valence-electron chi connectivity index (χ0n) is 12.4. The smallest absolute Gasteiger partial charge is 0.244 e. The van der Waals surface area contributed by atoms with Crippen LogP contribution in [0.2, 0.25) is 0 Å². The summed E-state index contributed by atoms with van der Waals surface area (Å²) in [6, 6.07) is 0.395. The number of nitrogens with one attached hydrogen (secondary N) is 1. The van der Waals surface area contributed by atoms with Crippen molar-refractivity contribution < 1.29 is 4.74 Å². The van der Waals surface area contributed by atoms with Gasteiger partial charge < -0.3 is 15.4 Å². The molecule has 0 amide bonds. The molecule has 0 saturated carbocycles. The molecule has 1 fully saturated rings. The number of rotatable bonds is 4. The lowest BCUT2D eigenvalue weighted by Crippen LogP contribution is -2.40. The Bertz CT molecular complexity index is 503. The summed E-state index contributed by atoms with van der Waals surface area (Å²) in [5.74, 6) is 0.354. The topological polar surface area (TPSA) is 88.1 Å². The quantitative estimate of drug-likeness (QED) is 0.638. The second-order valence-electron chi connectivity index (χ2n) is 5.45. The van der Waals surface area contributed by atoms with Gasteiger partial charge in [-0.3, -0.25) is 5.41 Å². The SMILES string of the molecule is Cc1nnc(OCC2CCCCN2C)c(C(=N)N)c1C. The molecule has 6 heteroatoms. The monoisotopic (exact) mass is 277 g/mol. The number of nitrogens with two attached hydrogens (primary N) is 1. The van der Waals surface area contributed by atoms with Crippen LogP contribution in [0.1, 0.15) is 36.1 Å². The highest BCUT2D eigenvalue weighted by molar-refractivity contribution is 5.98. The Hall–Kier alpha value is -1.69. The van der Waals surface area contributed by atoms with E-state index in [-0.39, 0.29) is 5.84 Å². The number of nitrogens with zero attached hydrogens (tertiary/aromatic N) is 3. The largest absolute Gasteiger partial charge is 0.474 e. The standard InChI is InChI=1S/C14H23N5O/c1-9-10(2)17-18-14(12(9)13(15)16)20-8-11-6-4-5-7-19(11)3/h11H,4-8H2,1-3H3,(H3,15,16). The molecule has 0 aromatic carbocycles. The van der Waals surface area contributed by atoms with Crippen molar-refractivity contribution >= 4 is 5.84 Å². The second-order valence-corrected chi connectivity index (χ2v) is 5.45. The van der Waals surface area contributed by atoms with E-state index in [1.54, 1.807) is 0 Å². The van der Waals surface area contributed by atoms with E-state index in [0.717, 1.165) is 24.2 Å².